The summed E-state index contributed by atoms with van der Waals surface area (Å²) >= 11 is 0. The molecule has 3 aromatic rings. The molecule has 3 rings (SSSR count). The number of rotatable bonds is 6. The maximum absolute atomic E-state index is 12.9. The summed E-state index contributed by atoms with van der Waals surface area (Å²) in [4.78, 5) is 29.1. The molecule has 2 aromatic carbocycles. The Morgan fingerprint density at radius 3 is 2.36 bits per heavy atom. The lowest BCUT2D eigenvalue weighted by Crippen LogP contribution is -2.36. The largest absolute Gasteiger partial charge is 0.337 e. The van der Waals surface area contributed by atoms with Gasteiger partial charge in [-0.2, -0.15) is 4.98 Å². The molecule has 0 aliphatic rings. The second kappa shape index (κ2) is 7.99. The van der Waals surface area contributed by atoms with E-state index in [1.165, 1.54) is 24.3 Å². The average molecular weight is 380 g/mol. The summed E-state index contributed by atoms with van der Waals surface area (Å²) in [6.45, 7) is 5.89. The first-order chi connectivity index (χ1) is 13.3. The molecule has 0 aliphatic carbocycles. The molecule has 1 aromatic heterocycles. The number of carbonyl (C=O) groups excluding carboxylic acids is 1. The van der Waals surface area contributed by atoms with Gasteiger partial charge in [0.15, 0.2) is 0 Å². The van der Waals surface area contributed by atoms with Crippen molar-refractivity contribution in [2.75, 3.05) is 0 Å². The van der Waals surface area contributed by atoms with Gasteiger partial charge >= 0.3 is 0 Å². The highest BCUT2D eigenvalue weighted by atomic mass is 16.6. The molecule has 0 saturated heterocycles. The molecule has 144 valence electrons. The molecule has 28 heavy (non-hydrogen) atoms. The van der Waals surface area contributed by atoms with Crippen molar-refractivity contribution in [1.29, 1.82) is 0 Å². The summed E-state index contributed by atoms with van der Waals surface area (Å²) in [6, 6.07) is 13.1. The van der Waals surface area contributed by atoms with E-state index in [0.717, 1.165) is 11.1 Å². The number of nitrogens with zero attached hydrogens (tertiary/aromatic N) is 4. The fourth-order valence-electron chi connectivity index (χ4n) is 2.67. The van der Waals surface area contributed by atoms with Crippen LogP contribution in [0.25, 0.3) is 11.4 Å². The van der Waals surface area contributed by atoms with Gasteiger partial charge in [-0.05, 0) is 32.9 Å². The molecule has 0 unspecified atom stereocenters. The van der Waals surface area contributed by atoms with Crippen molar-refractivity contribution in [3.05, 3.63) is 75.7 Å². The number of aryl methyl sites for hydroxylation is 1. The quantitative estimate of drug-likeness (QED) is 0.473. The van der Waals surface area contributed by atoms with Crippen molar-refractivity contribution in [2.45, 2.75) is 33.4 Å². The third-order valence-electron chi connectivity index (χ3n) is 4.29. The Kier molecular flexibility index (Phi) is 5.49. The molecule has 8 heteroatoms. The summed E-state index contributed by atoms with van der Waals surface area (Å²) in [5, 5.41) is 14.8. The normalized spacial score (nSPS) is 10.9. The number of benzene rings is 2. The smallest absolute Gasteiger partial charge is 0.269 e. The van der Waals surface area contributed by atoms with Gasteiger partial charge in [-0.3, -0.25) is 14.9 Å². The highest BCUT2D eigenvalue weighted by molar-refractivity contribution is 5.94. The Balaban J connectivity index is 1.78. The Morgan fingerprint density at radius 1 is 1.14 bits per heavy atom. The van der Waals surface area contributed by atoms with Gasteiger partial charge in [0.1, 0.15) is 6.54 Å². The number of nitro benzene ring substituents is 1. The van der Waals surface area contributed by atoms with Crippen LogP contribution in [0.1, 0.15) is 35.7 Å². The molecule has 0 fully saturated rings. The summed E-state index contributed by atoms with van der Waals surface area (Å²) < 4.78 is 5.32. The second-order valence-corrected chi connectivity index (χ2v) is 6.71. The summed E-state index contributed by atoms with van der Waals surface area (Å²) in [5.74, 6) is 0.515. The zero-order valence-corrected chi connectivity index (χ0v) is 15.8. The Bertz CT molecular complexity index is 978. The Morgan fingerprint density at radius 2 is 1.79 bits per heavy atom. The molecule has 1 amide bonds. The van der Waals surface area contributed by atoms with E-state index in [0.29, 0.717) is 17.3 Å². The number of hydrogen-bond acceptors (Lipinski definition) is 6. The minimum Gasteiger partial charge on any atom is -0.337 e. The summed E-state index contributed by atoms with van der Waals surface area (Å²) in [7, 11) is 0. The van der Waals surface area contributed by atoms with Crippen LogP contribution in [-0.2, 0) is 6.54 Å². The molecule has 0 bridgehead atoms. The zero-order chi connectivity index (χ0) is 20.3. The highest BCUT2D eigenvalue weighted by Gasteiger charge is 2.22. The number of aromatic nitrogens is 2. The number of hydrogen-bond donors (Lipinski definition) is 0. The van der Waals surface area contributed by atoms with Crippen LogP contribution < -0.4 is 0 Å². The maximum Gasteiger partial charge on any atom is 0.269 e. The van der Waals surface area contributed by atoms with Crippen LogP contribution >= 0.6 is 0 Å². The topological polar surface area (TPSA) is 102 Å². The lowest BCUT2D eigenvalue weighted by atomic mass is 10.1. The van der Waals surface area contributed by atoms with Crippen molar-refractivity contribution in [2.24, 2.45) is 0 Å². The van der Waals surface area contributed by atoms with Crippen molar-refractivity contribution in [3.63, 3.8) is 0 Å². The molecule has 1 heterocycles. The highest BCUT2D eigenvalue weighted by Crippen LogP contribution is 2.19. The first-order valence-corrected chi connectivity index (χ1v) is 8.80. The fraction of sp³-hybridized carbons (Fsp3) is 0.250. The van der Waals surface area contributed by atoms with Gasteiger partial charge in [0.25, 0.3) is 11.6 Å². The van der Waals surface area contributed by atoms with E-state index in [-0.39, 0.29) is 24.2 Å². The first-order valence-electron chi connectivity index (χ1n) is 8.80. The van der Waals surface area contributed by atoms with Crippen molar-refractivity contribution in [1.82, 2.24) is 15.0 Å². The minimum absolute atomic E-state index is 0.0627. The van der Waals surface area contributed by atoms with Crippen LogP contribution in [-0.4, -0.2) is 31.9 Å². The summed E-state index contributed by atoms with van der Waals surface area (Å²) in [5.41, 5.74) is 2.26. The van der Waals surface area contributed by atoms with Gasteiger partial charge < -0.3 is 9.42 Å². The molecule has 0 radical (unpaired) electrons. The van der Waals surface area contributed by atoms with E-state index in [4.69, 9.17) is 4.52 Å². The van der Waals surface area contributed by atoms with Crippen LogP contribution in [0.3, 0.4) is 0 Å². The molecule has 0 spiro atoms. The SMILES string of the molecule is Cc1ccc(-c2noc(CN(C(=O)c3ccc([N+](=O)[O-])cc3)C(C)C)n2)cc1. The average Bonchev–Trinajstić information content (AvgIpc) is 3.14. The maximum atomic E-state index is 12.9. The van der Waals surface area contributed by atoms with E-state index < -0.39 is 4.92 Å². The Hall–Kier alpha value is -3.55. The second-order valence-electron chi connectivity index (χ2n) is 6.71. The lowest BCUT2D eigenvalue weighted by molar-refractivity contribution is -0.384. The van der Waals surface area contributed by atoms with Crippen LogP contribution in [0.4, 0.5) is 5.69 Å². The third kappa shape index (κ3) is 4.22. The van der Waals surface area contributed by atoms with Gasteiger partial charge in [0.05, 0.1) is 4.92 Å². The first kappa shape index (κ1) is 19.2. The number of non-ortho nitro benzene ring substituents is 1. The predicted molar refractivity (Wildman–Crippen MR) is 103 cm³/mol. The number of nitro groups is 1. The van der Waals surface area contributed by atoms with E-state index in [2.05, 4.69) is 10.1 Å². The van der Waals surface area contributed by atoms with Gasteiger partial charge in [-0.25, -0.2) is 0 Å². The van der Waals surface area contributed by atoms with Gasteiger partial charge in [-0.1, -0.05) is 35.0 Å². The van der Waals surface area contributed by atoms with Gasteiger partial charge in [0.2, 0.25) is 11.7 Å². The molecular weight excluding hydrogens is 360 g/mol. The fourth-order valence-corrected chi connectivity index (χ4v) is 2.67. The summed E-state index contributed by atoms with van der Waals surface area (Å²) in [6.07, 6.45) is 0. The predicted octanol–water partition coefficient (Wildman–Crippen LogP) is 4.00. The van der Waals surface area contributed by atoms with E-state index in [1.807, 2.05) is 45.0 Å². The molecule has 0 aliphatic heterocycles. The van der Waals surface area contributed by atoms with Crippen molar-refractivity contribution < 1.29 is 14.2 Å². The van der Waals surface area contributed by atoms with Crippen LogP contribution in [0, 0.1) is 17.0 Å². The van der Waals surface area contributed by atoms with Crippen LogP contribution in [0.15, 0.2) is 53.1 Å². The molecule has 0 N–H and O–H groups in total. The van der Waals surface area contributed by atoms with Gasteiger partial charge in [0, 0.05) is 29.3 Å². The molecule has 8 nitrogen and oxygen atoms in total. The van der Waals surface area contributed by atoms with Crippen molar-refractivity contribution >= 4 is 11.6 Å². The molecular formula is C20H20N4O4. The van der Waals surface area contributed by atoms with Crippen LogP contribution in [0.5, 0.6) is 0 Å². The van der Waals surface area contributed by atoms with Crippen LogP contribution in [0.2, 0.25) is 0 Å². The third-order valence-corrected chi connectivity index (χ3v) is 4.29. The number of amides is 1. The molecule has 0 atom stereocenters. The minimum atomic E-state index is -0.500. The zero-order valence-electron chi connectivity index (χ0n) is 15.8. The van der Waals surface area contributed by atoms with E-state index in [9.17, 15) is 14.9 Å². The lowest BCUT2D eigenvalue weighted by Gasteiger charge is -2.25. The van der Waals surface area contributed by atoms with Crippen molar-refractivity contribution in [3.8, 4) is 11.4 Å². The molecule has 0 saturated carbocycles. The monoisotopic (exact) mass is 380 g/mol. The Labute approximate surface area is 161 Å². The van der Waals surface area contributed by atoms with E-state index >= 15 is 0 Å². The van der Waals surface area contributed by atoms with Gasteiger partial charge in [-0.15, -0.1) is 0 Å². The number of carbonyl (C=O) groups is 1. The standard InChI is InChI=1S/C20H20N4O4/c1-13(2)23(20(25)16-8-10-17(11-9-16)24(26)27)12-18-21-19(22-28-18)15-6-4-14(3)5-7-15/h4-11,13H,12H2,1-3H3. The van der Waals surface area contributed by atoms with E-state index in [1.54, 1.807) is 4.90 Å².